The fraction of sp³-hybridized carbons (Fsp3) is 1.00. The Labute approximate surface area is 165 Å². The molecule has 4 nitrogen and oxygen atoms in total. The minimum absolute atomic E-state index is 0.319. The van der Waals surface area contributed by atoms with Crippen molar-refractivity contribution in [2.24, 2.45) is 46.3 Å². The molecule has 4 fully saturated rings. The molecule has 156 valence electrons. The van der Waals surface area contributed by atoms with E-state index in [1.54, 1.807) is 0 Å². The van der Waals surface area contributed by atoms with Crippen LogP contribution in [-0.4, -0.2) is 19.1 Å². The van der Waals surface area contributed by atoms with Gasteiger partial charge >= 0.3 is 10.4 Å². The van der Waals surface area contributed by atoms with E-state index in [0.29, 0.717) is 16.7 Å². The fourth-order valence-electron chi connectivity index (χ4n) is 8.61. The third kappa shape index (κ3) is 3.30. The van der Waals surface area contributed by atoms with Crippen LogP contribution in [-0.2, 0) is 14.6 Å². The molecule has 1 N–H and O–H groups in total. The first-order valence-corrected chi connectivity index (χ1v) is 12.6. The van der Waals surface area contributed by atoms with E-state index in [0.717, 1.165) is 48.9 Å². The molecule has 8 atom stereocenters. The summed E-state index contributed by atoms with van der Waals surface area (Å²) in [6.45, 7) is 9.91. The first kappa shape index (κ1) is 20.2. The second-order valence-corrected chi connectivity index (χ2v) is 12.1. The van der Waals surface area contributed by atoms with Gasteiger partial charge in [0.2, 0.25) is 0 Å². The van der Waals surface area contributed by atoms with Crippen molar-refractivity contribution in [2.45, 2.75) is 91.6 Å². The molecule has 4 rings (SSSR count). The Balaban J connectivity index is 1.52. The predicted octanol–water partition coefficient (Wildman–Crippen LogP) is 5.49. The highest BCUT2D eigenvalue weighted by molar-refractivity contribution is 7.80. The van der Waals surface area contributed by atoms with E-state index in [4.69, 9.17) is 8.74 Å². The third-order valence-electron chi connectivity index (χ3n) is 9.75. The fourth-order valence-corrected chi connectivity index (χ4v) is 9.13. The molecule has 0 aromatic carbocycles. The zero-order valence-corrected chi connectivity index (χ0v) is 18.3. The van der Waals surface area contributed by atoms with Crippen molar-refractivity contribution in [2.75, 3.05) is 0 Å². The number of hydrogen-bond donors (Lipinski definition) is 1. The largest absolute Gasteiger partial charge is 0.397 e. The van der Waals surface area contributed by atoms with Crippen LogP contribution in [0, 0.1) is 46.3 Å². The van der Waals surface area contributed by atoms with Crippen molar-refractivity contribution in [1.82, 2.24) is 0 Å². The van der Waals surface area contributed by atoms with E-state index < -0.39 is 10.4 Å². The first-order chi connectivity index (χ1) is 12.5. The smallest absolute Gasteiger partial charge is 0.264 e. The van der Waals surface area contributed by atoms with Crippen LogP contribution in [0.1, 0.15) is 85.5 Å². The van der Waals surface area contributed by atoms with Crippen LogP contribution < -0.4 is 0 Å². The van der Waals surface area contributed by atoms with Crippen molar-refractivity contribution < 1.29 is 17.2 Å². The Morgan fingerprint density at radius 3 is 2.26 bits per heavy atom. The Morgan fingerprint density at radius 2 is 1.59 bits per heavy atom. The monoisotopic (exact) mass is 398 g/mol. The molecule has 5 heteroatoms. The highest BCUT2D eigenvalue weighted by atomic mass is 32.3. The van der Waals surface area contributed by atoms with Crippen LogP contribution in [0.5, 0.6) is 0 Å². The normalized spacial score (nSPS) is 50.1. The molecule has 0 radical (unpaired) electrons. The lowest BCUT2D eigenvalue weighted by molar-refractivity contribution is -0.126. The molecule has 0 bridgehead atoms. The van der Waals surface area contributed by atoms with Crippen LogP contribution in [0.2, 0.25) is 0 Å². The maximum absolute atomic E-state index is 11.1. The minimum Gasteiger partial charge on any atom is -0.264 e. The molecule has 4 aliphatic carbocycles. The van der Waals surface area contributed by atoms with Gasteiger partial charge in [0, 0.05) is 0 Å². The summed E-state index contributed by atoms with van der Waals surface area (Å²) in [5.74, 6) is 4.73. The zero-order chi connectivity index (χ0) is 19.6. The standard InChI is InChI=1S/C22H38O4S/c1-14(2)18-7-8-19-17-6-5-15-13-16(26-27(23,24)25)9-11-21(15,3)20(17)10-12-22(18,19)4/h14-20H,5-13H2,1-4H3,(H,23,24,25)/t15-,16-,17+,18-,19+,20+,21+,22-/m1/s1. The van der Waals surface area contributed by atoms with Crippen LogP contribution in [0.15, 0.2) is 0 Å². The highest BCUT2D eigenvalue weighted by Crippen LogP contribution is 2.68. The highest BCUT2D eigenvalue weighted by Gasteiger charge is 2.60. The average molecular weight is 399 g/mol. The lowest BCUT2D eigenvalue weighted by Crippen LogP contribution is -2.54. The van der Waals surface area contributed by atoms with E-state index in [9.17, 15) is 8.42 Å². The van der Waals surface area contributed by atoms with Crippen LogP contribution >= 0.6 is 0 Å². The van der Waals surface area contributed by atoms with Crippen LogP contribution in [0.25, 0.3) is 0 Å². The van der Waals surface area contributed by atoms with Gasteiger partial charge in [-0.05, 0) is 104 Å². The summed E-state index contributed by atoms with van der Waals surface area (Å²) in [5.41, 5.74) is 0.850. The first-order valence-electron chi connectivity index (χ1n) is 11.2. The van der Waals surface area contributed by atoms with Gasteiger partial charge in [-0.2, -0.15) is 8.42 Å². The van der Waals surface area contributed by atoms with Gasteiger partial charge in [0.1, 0.15) is 0 Å². The van der Waals surface area contributed by atoms with Gasteiger partial charge in [0.25, 0.3) is 0 Å². The average Bonchev–Trinajstić information content (AvgIpc) is 2.91. The van der Waals surface area contributed by atoms with Crippen LogP contribution in [0.4, 0.5) is 0 Å². The number of rotatable bonds is 3. The summed E-state index contributed by atoms with van der Waals surface area (Å²) in [6, 6.07) is 0. The Hall–Kier alpha value is -0.130. The Bertz CT molecular complexity index is 674. The molecule has 4 aliphatic rings. The molecule has 0 saturated heterocycles. The zero-order valence-electron chi connectivity index (χ0n) is 17.5. The SMILES string of the molecule is CC(C)[C@H]1CC[C@H]2[C@@H]3CC[C@@H]4C[C@H](OS(=O)(=O)O)CC[C@]4(C)[C@H]3CC[C@]12C. The minimum atomic E-state index is -4.34. The lowest BCUT2D eigenvalue weighted by atomic mass is 9.44. The number of hydrogen-bond acceptors (Lipinski definition) is 3. The maximum atomic E-state index is 11.1. The topological polar surface area (TPSA) is 63.6 Å². The molecular formula is C22H38O4S. The van der Waals surface area contributed by atoms with Crippen molar-refractivity contribution in [3.8, 4) is 0 Å². The van der Waals surface area contributed by atoms with Gasteiger partial charge in [-0.3, -0.25) is 4.55 Å². The molecule has 0 heterocycles. The second kappa shape index (κ2) is 6.70. The summed E-state index contributed by atoms with van der Waals surface area (Å²) in [5, 5.41) is 0. The summed E-state index contributed by atoms with van der Waals surface area (Å²) in [4.78, 5) is 0. The van der Waals surface area contributed by atoms with Crippen LogP contribution in [0.3, 0.4) is 0 Å². The van der Waals surface area contributed by atoms with Crippen molar-refractivity contribution in [3.05, 3.63) is 0 Å². The third-order valence-corrected chi connectivity index (χ3v) is 10.3. The van der Waals surface area contributed by atoms with Gasteiger partial charge in [-0.1, -0.05) is 27.7 Å². The van der Waals surface area contributed by atoms with Gasteiger partial charge in [-0.15, -0.1) is 0 Å². The Morgan fingerprint density at radius 1 is 0.926 bits per heavy atom. The van der Waals surface area contributed by atoms with Crippen molar-refractivity contribution in [3.63, 3.8) is 0 Å². The maximum Gasteiger partial charge on any atom is 0.397 e. The van der Waals surface area contributed by atoms with E-state index in [-0.39, 0.29) is 6.10 Å². The van der Waals surface area contributed by atoms with Gasteiger partial charge in [0.15, 0.2) is 0 Å². The summed E-state index contributed by atoms with van der Waals surface area (Å²) < 4.78 is 36.3. The van der Waals surface area contributed by atoms with E-state index in [1.807, 2.05) is 0 Å². The molecule has 0 aromatic heterocycles. The summed E-state index contributed by atoms with van der Waals surface area (Å²) in [6.07, 6.45) is 10.3. The molecule has 0 unspecified atom stereocenters. The summed E-state index contributed by atoms with van der Waals surface area (Å²) in [7, 11) is -4.34. The molecular weight excluding hydrogens is 360 g/mol. The second-order valence-electron chi connectivity index (χ2n) is 11.0. The summed E-state index contributed by atoms with van der Waals surface area (Å²) >= 11 is 0. The lowest BCUT2D eigenvalue weighted by Gasteiger charge is -2.61. The van der Waals surface area contributed by atoms with Crippen molar-refractivity contribution >= 4 is 10.4 Å². The Kier molecular flexibility index (Phi) is 5.00. The van der Waals surface area contributed by atoms with E-state index in [2.05, 4.69) is 27.7 Å². The number of fused-ring (bicyclic) bond motifs is 5. The predicted molar refractivity (Wildman–Crippen MR) is 106 cm³/mol. The molecule has 0 aliphatic heterocycles. The van der Waals surface area contributed by atoms with Gasteiger partial charge < -0.3 is 0 Å². The molecule has 4 saturated carbocycles. The molecule has 0 aromatic rings. The van der Waals surface area contributed by atoms with Gasteiger partial charge in [-0.25, -0.2) is 4.18 Å². The molecule has 0 spiro atoms. The molecule has 0 amide bonds. The van der Waals surface area contributed by atoms with Gasteiger partial charge in [0.05, 0.1) is 6.10 Å². The quantitative estimate of drug-likeness (QED) is 0.639. The molecule has 27 heavy (non-hydrogen) atoms. The van der Waals surface area contributed by atoms with E-state index in [1.165, 1.54) is 38.5 Å². The van der Waals surface area contributed by atoms with E-state index >= 15 is 0 Å². The van der Waals surface area contributed by atoms with Crippen molar-refractivity contribution in [1.29, 1.82) is 0 Å².